The topological polar surface area (TPSA) is 88.6 Å². The molecule has 8 heteroatoms. The molecule has 0 unspecified atom stereocenters. The highest BCUT2D eigenvalue weighted by Gasteiger charge is 2.17. The van der Waals surface area contributed by atoms with Crippen LogP contribution in [-0.4, -0.2) is 56.3 Å². The first-order valence-electron chi connectivity index (χ1n) is 9.46. The number of amides is 1. The molecule has 0 bridgehead atoms. The van der Waals surface area contributed by atoms with Crippen LogP contribution >= 0.6 is 0 Å². The number of ether oxygens (including phenoxy) is 2. The Morgan fingerprint density at radius 3 is 2.64 bits per heavy atom. The van der Waals surface area contributed by atoms with Gasteiger partial charge in [-0.05, 0) is 31.9 Å². The number of hydrogen-bond donors (Lipinski definition) is 2. The number of methoxy groups -OCH3 is 2. The van der Waals surface area contributed by atoms with E-state index < -0.39 is 0 Å². The molecule has 2 N–H and O–H groups in total. The number of para-hydroxylation sites is 1. The van der Waals surface area contributed by atoms with Gasteiger partial charge >= 0.3 is 0 Å². The van der Waals surface area contributed by atoms with Gasteiger partial charge in [0.15, 0.2) is 11.5 Å². The van der Waals surface area contributed by atoms with Crippen molar-refractivity contribution in [1.29, 1.82) is 0 Å². The molecule has 0 atom stereocenters. The standard InChI is InChI=1S/C20H27N5O3/c1-14-13-17(25-11-4-5-12-25)24-20(23-14)22-10-9-21-19(26)15-7-6-8-16(27-2)18(15)28-3/h6-8,13H,4-5,9-12H2,1-3H3,(H,21,26)(H,22,23,24). The lowest BCUT2D eigenvalue weighted by molar-refractivity contribution is 0.0951. The molecule has 0 radical (unpaired) electrons. The Hall–Kier alpha value is -3.03. The summed E-state index contributed by atoms with van der Waals surface area (Å²) in [6.07, 6.45) is 2.40. The summed E-state index contributed by atoms with van der Waals surface area (Å²) in [5.41, 5.74) is 1.36. The number of aromatic nitrogens is 2. The first-order chi connectivity index (χ1) is 13.6. The summed E-state index contributed by atoms with van der Waals surface area (Å²) < 4.78 is 10.6. The minimum atomic E-state index is -0.222. The van der Waals surface area contributed by atoms with Gasteiger partial charge in [0.05, 0.1) is 19.8 Å². The third-order valence-corrected chi connectivity index (χ3v) is 4.61. The lowest BCUT2D eigenvalue weighted by Crippen LogP contribution is -2.29. The molecule has 150 valence electrons. The Morgan fingerprint density at radius 2 is 1.93 bits per heavy atom. The molecule has 1 fully saturated rings. The van der Waals surface area contributed by atoms with Crippen LogP contribution in [0.4, 0.5) is 11.8 Å². The van der Waals surface area contributed by atoms with Crippen LogP contribution in [-0.2, 0) is 0 Å². The van der Waals surface area contributed by atoms with Crippen molar-refractivity contribution in [3.63, 3.8) is 0 Å². The number of benzene rings is 1. The van der Waals surface area contributed by atoms with E-state index >= 15 is 0 Å². The summed E-state index contributed by atoms with van der Waals surface area (Å²) in [5.74, 6) is 2.26. The second-order valence-electron chi connectivity index (χ2n) is 6.61. The van der Waals surface area contributed by atoms with Crippen molar-refractivity contribution in [3.05, 3.63) is 35.5 Å². The molecule has 3 rings (SSSR count). The average molecular weight is 385 g/mol. The van der Waals surface area contributed by atoms with Crippen molar-refractivity contribution in [2.24, 2.45) is 0 Å². The fourth-order valence-electron chi connectivity index (χ4n) is 3.25. The molecule has 8 nitrogen and oxygen atoms in total. The van der Waals surface area contributed by atoms with Crippen molar-refractivity contribution >= 4 is 17.7 Å². The zero-order valence-electron chi connectivity index (χ0n) is 16.6. The second-order valence-corrected chi connectivity index (χ2v) is 6.61. The molecule has 28 heavy (non-hydrogen) atoms. The lowest BCUT2D eigenvalue weighted by Gasteiger charge is -2.17. The first-order valence-corrected chi connectivity index (χ1v) is 9.46. The van der Waals surface area contributed by atoms with E-state index in [0.29, 0.717) is 36.1 Å². The van der Waals surface area contributed by atoms with E-state index in [1.54, 1.807) is 25.3 Å². The van der Waals surface area contributed by atoms with Crippen molar-refractivity contribution in [1.82, 2.24) is 15.3 Å². The van der Waals surface area contributed by atoms with E-state index in [1.807, 2.05) is 13.0 Å². The van der Waals surface area contributed by atoms with Crippen LogP contribution in [0.25, 0.3) is 0 Å². The zero-order valence-corrected chi connectivity index (χ0v) is 16.6. The van der Waals surface area contributed by atoms with Gasteiger partial charge < -0.3 is 25.0 Å². The number of carbonyl (C=O) groups excluding carboxylic acids is 1. The molecule has 1 aromatic heterocycles. The Labute approximate surface area is 165 Å². The summed E-state index contributed by atoms with van der Waals surface area (Å²) in [6.45, 7) is 4.97. The molecular weight excluding hydrogens is 358 g/mol. The molecule has 0 aliphatic carbocycles. The van der Waals surface area contributed by atoms with E-state index in [9.17, 15) is 4.79 Å². The van der Waals surface area contributed by atoms with Crippen molar-refractivity contribution < 1.29 is 14.3 Å². The molecule has 1 amide bonds. The Balaban J connectivity index is 1.55. The van der Waals surface area contributed by atoms with E-state index in [0.717, 1.165) is 24.6 Å². The molecule has 1 aromatic carbocycles. The number of aryl methyl sites for hydroxylation is 1. The number of hydrogen-bond acceptors (Lipinski definition) is 7. The fourth-order valence-corrected chi connectivity index (χ4v) is 3.25. The molecule has 2 heterocycles. The Kier molecular flexibility index (Phi) is 6.52. The molecule has 0 saturated carbocycles. The van der Waals surface area contributed by atoms with Crippen molar-refractivity contribution in [3.8, 4) is 11.5 Å². The van der Waals surface area contributed by atoms with E-state index in [4.69, 9.17) is 9.47 Å². The third kappa shape index (κ3) is 4.62. The van der Waals surface area contributed by atoms with Crippen LogP contribution in [0.15, 0.2) is 24.3 Å². The highest BCUT2D eigenvalue weighted by Crippen LogP contribution is 2.30. The molecule has 1 aliphatic heterocycles. The molecule has 2 aromatic rings. The van der Waals surface area contributed by atoms with Gasteiger partial charge in [-0.3, -0.25) is 4.79 Å². The van der Waals surface area contributed by atoms with Crippen molar-refractivity contribution in [2.75, 3.05) is 50.6 Å². The second kappa shape index (κ2) is 9.25. The van der Waals surface area contributed by atoms with Crippen molar-refractivity contribution in [2.45, 2.75) is 19.8 Å². The monoisotopic (exact) mass is 385 g/mol. The van der Waals surface area contributed by atoms with Crippen LogP contribution in [0.1, 0.15) is 28.9 Å². The molecule has 1 saturated heterocycles. The van der Waals surface area contributed by atoms with E-state index in [-0.39, 0.29) is 5.91 Å². The van der Waals surface area contributed by atoms with Gasteiger partial charge in [-0.1, -0.05) is 6.07 Å². The van der Waals surface area contributed by atoms with Crippen LogP contribution in [0.3, 0.4) is 0 Å². The summed E-state index contributed by atoms with van der Waals surface area (Å²) in [6, 6.07) is 7.22. The van der Waals surface area contributed by atoms with Crippen LogP contribution in [0.5, 0.6) is 11.5 Å². The predicted octanol–water partition coefficient (Wildman–Crippen LogP) is 2.24. The summed E-state index contributed by atoms with van der Waals surface area (Å²) in [4.78, 5) is 23.8. The highest BCUT2D eigenvalue weighted by atomic mass is 16.5. The minimum absolute atomic E-state index is 0.222. The van der Waals surface area contributed by atoms with Crippen LogP contribution < -0.4 is 25.0 Å². The largest absolute Gasteiger partial charge is 0.493 e. The van der Waals surface area contributed by atoms with Gasteiger partial charge in [-0.25, -0.2) is 4.98 Å². The maximum Gasteiger partial charge on any atom is 0.255 e. The Bertz CT molecular complexity index is 821. The van der Waals surface area contributed by atoms with Gasteiger partial charge in [0, 0.05) is 37.9 Å². The minimum Gasteiger partial charge on any atom is -0.493 e. The zero-order chi connectivity index (χ0) is 19.9. The highest BCUT2D eigenvalue weighted by molar-refractivity contribution is 5.97. The van der Waals surface area contributed by atoms with Gasteiger partial charge in [-0.2, -0.15) is 4.98 Å². The van der Waals surface area contributed by atoms with Gasteiger partial charge in [0.2, 0.25) is 5.95 Å². The molecule has 1 aliphatic rings. The number of carbonyl (C=O) groups is 1. The number of anilines is 2. The Morgan fingerprint density at radius 1 is 1.14 bits per heavy atom. The SMILES string of the molecule is COc1cccc(C(=O)NCCNc2nc(C)cc(N3CCCC3)n2)c1OC. The first kappa shape index (κ1) is 19.7. The summed E-state index contributed by atoms with van der Waals surface area (Å²) in [5, 5.41) is 6.06. The summed E-state index contributed by atoms with van der Waals surface area (Å²) in [7, 11) is 3.06. The number of nitrogens with zero attached hydrogens (tertiary/aromatic N) is 3. The maximum atomic E-state index is 12.5. The smallest absolute Gasteiger partial charge is 0.255 e. The fraction of sp³-hybridized carbons (Fsp3) is 0.450. The van der Waals surface area contributed by atoms with Gasteiger partial charge in [-0.15, -0.1) is 0 Å². The number of rotatable bonds is 8. The lowest BCUT2D eigenvalue weighted by atomic mass is 10.1. The predicted molar refractivity (Wildman–Crippen MR) is 109 cm³/mol. The van der Waals surface area contributed by atoms with E-state index in [1.165, 1.54) is 20.0 Å². The van der Waals surface area contributed by atoms with E-state index in [2.05, 4.69) is 25.5 Å². The third-order valence-electron chi connectivity index (χ3n) is 4.61. The van der Waals surface area contributed by atoms with Crippen LogP contribution in [0.2, 0.25) is 0 Å². The molecule has 0 spiro atoms. The average Bonchev–Trinajstić information content (AvgIpc) is 3.25. The van der Waals surface area contributed by atoms with Gasteiger partial charge in [0.1, 0.15) is 5.82 Å². The van der Waals surface area contributed by atoms with Crippen LogP contribution in [0, 0.1) is 6.92 Å². The normalized spacial score (nSPS) is 13.3. The van der Waals surface area contributed by atoms with Gasteiger partial charge in [0.25, 0.3) is 5.91 Å². The maximum absolute atomic E-state index is 12.5. The number of nitrogens with one attached hydrogen (secondary N) is 2. The quantitative estimate of drug-likeness (QED) is 0.674. The molecular formula is C20H27N5O3. The summed E-state index contributed by atoms with van der Waals surface area (Å²) >= 11 is 0.